The lowest BCUT2D eigenvalue weighted by molar-refractivity contribution is 0.248. The van der Waals surface area contributed by atoms with Crippen molar-refractivity contribution in [3.63, 3.8) is 0 Å². The molecule has 0 aromatic heterocycles. The van der Waals surface area contributed by atoms with Crippen LogP contribution < -0.4 is 5.73 Å². The van der Waals surface area contributed by atoms with Crippen LogP contribution in [0.25, 0.3) is 0 Å². The van der Waals surface area contributed by atoms with E-state index in [9.17, 15) is 4.39 Å². The van der Waals surface area contributed by atoms with E-state index in [2.05, 4.69) is 11.8 Å². The predicted molar refractivity (Wildman–Crippen MR) is 63.5 cm³/mol. The summed E-state index contributed by atoms with van der Waals surface area (Å²) < 4.78 is 13.6. The van der Waals surface area contributed by atoms with E-state index in [0.717, 1.165) is 18.7 Å². The summed E-state index contributed by atoms with van der Waals surface area (Å²) in [6.45, 7) is 6.01. The molecule has 0 amide bonds. The van der Waals surface area contributed by atoms with Gasteiger partial charge in [0, 0.05) is 30.7 Å². The summed E-state index contributed by atoms with van der Waals surface area (Å²) in [5.74, 6) is 0.373. The molecule has 16 heavy (non-hydrogen) atoms. The molecule has 0 saturated carbocycles. The lowest BCUT2D eigenvalue weighted by Crippen LogP contribution is -2.30. The quantitative estimate of drug-likeness (QED) is 0.831. The van der Waals surface area contributed by atoms with E-state index in [1.807, 2.05) is 19.1 Å². The minimum absolute atomic E-state index is 0.109. The van der Waals surface area contributed by atoms with Gasteiger partial charge in [-0.15, -0.1) is 0 Å². The van der Waals surface area contributed by atoms with Gasteiger partial charge in [0.15, 0.2) is 0 Å². The summed E-state index contributed by atoms with van der Waals surface area (Å²) in [6, 6.07) is 7.31. The van der Waals surface area contributed by atoms with E-state index in [-0.39, 0.29) is 17.9 Å². The Kier molecular flexibility index (Phi) is 3.26. The fourth-order valence-electron chi connectivity index (χ4n) is 2.36. The van der Waals surface area contributed by atoms with Crippen LogP contribution in [0.2, 0.25) is 0 Å². The molecule has 0 bridgehead atoms. The molecular weight excluding hydrogens is 203 g/mol. The number of hydrogen-bond acceptors (Lipinski definition) is 2. The van der Waals surface area contributed by atoms with Crippen molar-refractivity contribution in [2.45, 2.75) is 25.9 Å². The topological polar surface area (TPSA) is 29.3 Å². The Hall–Kier alpha value is -0.930. The van der Waals surface area contributed by atoms with Gasteiger partial charge >= 0.3 is 0 Å². The molecule has 1 aliphatic rings. The third-order valence-electron chi connectivity index (χ3n) is 3.60. The summed E-state index contributed by atoms with van der Waals surface area (Å²) in [6.07, 6.45) is 0. The second-order valence-electron chi connectivity index (χ2n) is 4.79. The zero-order chi connectivity index (χ0) is 11.7. The summed E-state index contributed by atoms with van der Waals surface area (Å²) in [5, 5.41) is 0. The summed E-state index contributed by atoms with van der Waals surface area (Å²) in [4.78, 5) is 2.26. The highest BCUT2D eigenvalue weighted by molar-refractivity contribution is 5.21. The van der Waals surface area contributed by atoms with Crippen LogP contribution in [0.4, 0.5) is 4.39 Å². The molecule has 0 spiro atoms. The number of nitrogens with zero attached hydrogens (tertiary/aromatic N) is 1. The van der Waals surface area contributed by atoms with Gasteiger partial charge < -0.3 is 5.73 Å². The van der Waals surface area contributed by atoms with Gasteiger partial charge in [-0.2, -0.15) is 0 Å². The van der Waals surface area contributed by atoms with Gasteiger partial charge in [-0.05, 0) is 18.9 Å². The number of halogens is 1. The van der Waals surface area contributed by atoms with Gasteiger partial charge in [-0.25, -0.2) is 4.39 Å². The summed E-state index contributed by atoms with van der Waals surface area (Å²) in [7, 11) is 0. The first-order valence-corrected chi connectivity index (χ1v) is 5.83. The molecular formula is C13H19FN2. The highest BCUT2D eigenvalue weighted by Crippen LogP contribution is 2.27. The molecule has 1 heterocycles. The van der Waals surface area contributed by atoms with Crippen LogP contribution in [0.5, 0.6) is 0 Å². The number of likely N-dealkylation sites (tertiary alicyclic amines) is 1. The SMILES string of the molecule is CC1CN(C(C)c2ccccc2F)CC1N. The van der Waals surface area contributed by atoms with Gasteiger partial charge in [0.05, 0.1) is 0 Å². The van der Waals surface area contributed by atoms with E-state index in [1.165, 1.54) is 6.07 Å². The maximum Gasteiger partial charge on any atom is 0.127 e. The van der Waals surface area contributed by atoms with Crippen LogP contribution in [-0.2, 0) is 0 Å². The Morgan fingerprint density at radius 3 is 2.62 bits per heavy atom. The van der Waals surface area contributed by atoms with Gasteiger partial charge in [0.25, 0.3) is 0 Å². The van der Waals surface area contributed by atoms with Crippen LogP contribution in [-0.4, -0.2) is 24.0 Å². The molecule has 1 aromatic rings. The van der Waals surface area contributed by atoms with Crippen molar-refractivity contribution in [3.05, 3.63) is 35.6 Å². The van der Waals surface area contributed by atoms with Gasteiger partial charge in [0.1, 0.15) is 5.82 Å². The molecule has 0 radical (unpaired) electrons. The van der Waals surface area contributed by atoms with Crippen LogP contribution in [0, 0.1) is 11.7 Å². The van der Waals surface area contributed by atoms with E-state index in [1.54, 1.807) is 6.07 Å². The van der Waals surface area contributed by atoms with Crippen molar-refractivity contribution in [1.29, 1.82) is 0 Å². The largest absolute Gasteiger partial charge is 0.326 e. The maximum atomic E-state index is 13.6. The smallest absolute Gasteiger partial charge is 0.127 e. The minimum atomic E-state index is -0.122. The first kappa shape index (κ1) is 11.6. The Bertz CT molecular complexity index is 357. The normalized spacial score (nSPS) is 28.2. The zero-order valence-electron chi connectivity index (χ0n) is 9.86. The van der Waals surface area contributed by atoms with Crippen molar-refractivity contribution in [2.24, 2.45) is 11.7 Å². The van der Waals surface area contributed by atoms with Crippen LogP contribution in [0.3, 0.4) is 0 Å². The van der Waals surface area contributed by atoms with E-state index in [4.69, 9.17) is 5.73 Å². The summed E-state index contributed by atoms with van der Waals surface area (Å²) >= 11 is 0. The molecule has 1 saturated heterocycles. The predicted octanol–water partition coefficient (Wildman–Crippen LogP) is 2.17. The molecule has 3 heteroatoms. The van der Waals surface area contributed by atoms with Gasteiger partial charge in [-0.1, -0.05) is 25.1 Å². The number of benzene rings is 1. The average Bonchev–Trinajstić information content (AvgIpc) is 2.59. The van der Waals surface area contributed by atoms with Crippen LogP contribution in [0.15, 0.2) is 24.3 Å². The Labute approximate surface area is 96.2 Å². The summed E-state index contributed by atoms with van der Waals surface area (Å²) in [5.41, 5.74) is 6.75. The lowest BCUT2D eigenvalue weighted by Gasteiger charge is -2.24. The molecule has 88 valence electrons. The minimum Gasteiger partial charge on any atom is -0.326 e. The molecule has 1 fully saturated rings. The number of rotatable bonds is 2. The average molecular weight is 222 g/mol. The highest BCUT2D eigenvalue weighted by Gasteiger charge is 2.30. The van der Waals surface area contributed by atoms with Crippen molar-refractivity contribution >= 4 is 0 Å². The fourth-order valence-corrected chi connectivity index (χ4v) is 2.36. The zero-order valence-corrected chi connectivity index (χ0v) is 9.86. The molecule has 1 aliphatic heterocycles. The third kappa shape index (κ3) is 2.11. The Morgan fingerprint density at radius 1 is 1.38 bits per heavy atom. The molecule has 2 nitrogen and oxygen atoms in total. The first-order chi connectivity index (χ1) is 7.59. The Morgan fingerprint density at radius 2 is 2.06 bits per heavy atom. The third-order valence-corrected chi connectivity index (χ3v) is 3.60. The van der Waals surface area contributed by atoms with Crippen molar-refractivity contribution < 1.29 is 4.39 Å². The molecule has 2 rings (SSSR count). The fraction of sp³-hybridized carbons (Fsp3) is 0.538. The number of nitrogens with two attached hydrogens (primary N) is 1. The van der Waals surface area contributed by atoms with Gasteiger partial charge in [0.2, 0.25) is 0 Å². The van der Waals surface area contributed by atoms with Crippen molar-refractivity contribution in [2.75, 3.05) is 13.1 Å². The lowest BCUT2D eigenvalue weighted by atomic mass is 10.1. The van der Waals surface area contributed by atoms with E-state index in [0.29, 0.717) is 5.92 Å². The molecule has 3 atom stereocenters. The molecule has 1 aromatic carbocycles. The monoisotopic (exact) mass is 222 g/mol. The standard InChI is InChI=1S/C13H19FN2/c1-9-7-16(8-13(9)15)10(2)11-5-3-4-6-12(11)14/h3-6,9-10,13H,7-8,15H2,1-2H3. The second kappa shape index (κ2) is 4.52. The molecule has 0 aliphatic carbocycles. The van der Waals surface area contributed by atoms with Crippen LogP contribution in [0.1, 0.15) is 25.5 Å². The Balaban J connectivity index is 2.14. The second-order valence-corrected chi connectivity index (χ2v) is 4.79. The molecule has 2 N–H and O–H groups in total. The first-order valence-electron chi connectivity index (χ1n) is 5.83. The highest BCUT2D eigenvalue weighted by atomic mass is 19.1. The van der Waals surface area contributed by atoms with Gasteiger partial charge in [-0.3, -0.25) is 4.90 Å². The van der Waals surface area contributed by atoms with Crippen molar-refractivity contribution in [1.82, 2.24) is 4.90 Å². The van der Waals surface area contributed by atoms with E-state index < -0.39 is 0 Å². The van der Waals surface area contributed by atoms with Crippen LogP contribution >= 0.6 is 0 Å². The number of hydrogen-bond donors (Lipinski definition) is 1. The maximum absolute atomic E-state index is 13.6. The van der Waals surface area contributed by atoms with Crippen molar-refractivity contribution in [3.8, 4) is 0 Å². The van der Waals surface area contributed by atoms with E-state index >= 15 is 0 Å². The molecule has 3 unspecified atom stereocenters.